The van der Waals surface area contributed by atoms with E-state index >= 15 is 0 Å². The first-order valence-electron chi connectivity index (χ1n) is 7.85. The monoisotopic (exact) mass is 339 g/mol. The Morgan fingerprint density at radius 3 is 2.72 bits per heavy atom. The maximum absolute atomic E-state index is 12.2. The maximum atomic E-state index is 12.2. The molecule has 0 bridgehead atoms. The molecule has 1 N–H and O–H groups in total. The summed E-state index contributed by atoms with van der Waals surface area (Å²) in [5, 5.41) is 2.80. The lowest BCUT2D eigenvalue weighted by Gasteiger charge is -2.09. The van der Waals surface area contributed by atoms with Crippen LogP contribution in [0.15, 0.2) is 54.1 Å². The molecule has 0 aliphatic carbocycles. The summed E-state index contributed by atoms with van der Waals surface area (Å²) < 4.78 is 4.98. The Kier molecular flexibility index (Phi) is 5.11. The number of benzene rings is 2. The smallest absolute Gasteiger partial charge is 0.336 e. The Hall–Kier alpha value is -3.12. The molecule has 1 aliphatic heterocycles. The van der Waals surface area contributed by atoms with E-state index < -0.39 is 5.97 Å². The number of esters is 1. The minimum Gasteiger partial charge on any atom is -0.463 e. The first kappa shape index (κ1) is 16.7. The van der Waals surface area contributed by atoms with Gasteiger partial charge in [-0.2, -0.15) is 4.89 Å². The van der Waals surface area contributed by atoms with Crippen LogP contribution in [0.2, 0.25) is 0 Å². The fraction of sp³-hybridized carbons (Fsp3) is 0.158. The van der Waals surface area contributed by atoms with Crippen LogP contribution in [0.5, 0.6) is 5.75 Å². The van der Waals surface area contributed by atoms with Crippen molar-refractivity contribution >= 4 is 23.6 Å². The summed E-state index contributed by atoms with van der Waals surface area (Å²) in [7, 11) is 0. The highest BCUT2D eigenvalue weighted by Crippen LogP contribution is 2.28. The molecule has 0 aromatic heterocycles. The molecule has 0 saturated carbocycles. The molecule has 1 aliphatic rings. The molecule has 0 fully saturated rings. The molecule has 0 radical (unpaired) electrons. The number of hydrogen-bond acceptors (Lipinski definition) is 5. The van der Waals surface area contributed by atoms with Gasteiger partial charge in [0.2, 0.25) is 0 Å². The SMILES string of the molecule is CCOC(=O)C1=Cc2ccc(NC(=O)c3ccccc3)cc2OOC1. The number of amides is 1. The summed E-state index contributed by atoms with van der Waals surface area (Å²) in [5.41, 5.74) is 2.14. The number of carbonyl (C=O) groups excluding carboxylic acids is 2. The Morgan fingerprint density at radius 2 is 1.96 bits per heavy atom. The van der Waals surface area contributed by atoms with E-state index in [1.165, 1.54) is 0 Å². The lowest BCUT2D eigenvalue weighted by atomic mass is 10.1. The molecule has 25 heavy (non-hydrogen) atoms. The third kappa shape index (κ3) is 4.05. The predicted octanol–water partition coefficient (Wildman–Crippen LogP) is 3.21. The van der Waals surface area contributed by atoms with Gasteiger partial charge in [0, 0.05) is 22.9 Å². The average molecular weight is 339 g/mol. The highest BCUT2D eigenvalue weighted by atomic mass is 17.2. The van der Waals surface area contributed by atoms with E-state index in [9.17, 15) is 9.59 Å². The van der Waals surface area contributed by atoms with E-state index in [-0.39, 0.29) is 19.1 Å². The number of ether oxygens (including phenoxy) is 1. The van der Waals surface area contributed by atoms with Gasteiger partial charge in [0.1, 0.15) is 6.61 Å². The zero-order valence-electron chi connectivity index (χ0n) is 13.7. The quantitative estimate of drug-likeness (QED) is 0.684. The highest BCUT2D eigenvalue weighted by Gasteiger charge is 2.18. The molecule has 1 amide bonds. The van der Waals surface area contributed by atoms with Crippen molar-refractivity contribution in [1.29, 1.82) is 0 Å². The average Bonchev–Trinajstić information content (AvgIpc) is 2.84. The Balaban J connectivity index is 1.80. The topological polar surface area (TPSA) is 73.9 Å². The minimum atomic E-state index is -0.444. The molecule has 0 atom stereocenters. The van der Waals surface area contributed by atoms with Gasteiger partial charge in [-0.15, -0.1) is 0 Å². The number of carbonyl (C=O) groups is 2. The van der Waals surface area contributed by atoms with Gasteiger partial charge in [0.25, 0.3) is 5.91 Å². The first-order valence-corrected chi connectivity index (χ1v) is 7.85. The molecule has 6 nitrogen and oxygen atoms in total. The van der Waals surface area contributed by atoms with Crippen molar-refractivity contribution in [3.63, 3.8) is 0 Å². The third-order valence-electron chi connectivity index (χ3n) is 3.54. The van der Waals surface area contributed by atoms with Crippen molar-refractivity contribution in [1.82, 2.24) is 0 Å². The van der Waals surface area contributed by atoms with E-state index in [1.807, 2.05) is 6.07 Å². The van der Waals surface area contributed by atoms with E-state index in [1.54, 1.807) is 55.5 Å². The predicted molar refractivity (Wildman–Crippen MR) is 92.0 cm³/mol. The van der Waals surface area contributed by atoms with Crippen molar-refractivity contribution in [3.8, 4) is 5.75 Å². The van der Waals surface area contributed by atoms with Crippen LogP contribution in [-0.4, -0.2) is 25.1 Å². The van der Waals surface area contributed by atoms with Gasteiger partial charge < -0.3 is 14.9 Å². The number of nitrogens with one attached hydrogen (secondary N) is 1. The second-order valence-electron chi connectivity index (χ2n) is 5.31. The molecule has 0 saturated heterocycles. The van der Waals surface area contributed by atoms with Crippen LogP contribution in [0.1, 0.15) is 22.8 Å². The molecule has 6 heteroatoms. The normalized spacial score (nSPS) is 12.9. The molecule has 128 valence electrons. The van der Waals surface area contributed by atoms with Crippen LogP contribution in [-0.2, 0) is 14.4 Å². The molecule has 1 heterocycles. The third-order valence-corrected chi connectivity index (χ3v) is 3.54. The zero-order valence-corrected chi connectivity index (χ0v) is 13.7. The van der Waals surface area contributed by atoms with E-state index in [0.29, 0.717) is 28.1 Å². The number of anilines is 1. The summed E-state index contributed by atoms with van der Waals surface area (Å²) in [6.07, 6.45) is 1.66. The van der Waals surface area contributed by atoms with Crippen LogP contribution in [0.4, 0.5) is 5.69 Å². The summed E-state index contributed by atoms with van der Waals surface area (Å²) in [5.74, 6) is -0.261. The molecular formula is C19H17NO5. The van der Waals surface area contributed by atoms with Gasteiger partial charge in [0.15, 0.2) is 5.75 Å². The van der Waals surface area contributed by atoms with Gasteiger partial charge in [-0.05, 0) is 37.3 Å². The van der Waals surface area contributed by atoms with Crippen LogP contribution < -0.4 is 10.2 Å². The van der Waals surface area contributed by atoms with Crippen LogP contribution in [0, 0.1) is 0 Å². The Bertz CT molecular complexity index is 814. The lowest BCUT2D eigenvalue weighted by molar-refractivity contribution is -0.198. The van der Waals surface area contributed by atoms with E-state index in [0.717, 1.165) is 0 Å². The molecule has 3 rings (SSSR count). The number of rotatable bonds is 4. The largest absolute Gasteiger partial charge is 0.463 e. The van der Waals surface area contributed by atoms with Gasteiger partial charge in [-0.1, -0.05) is 18.2 Å². The first-order chi connectivity index (χ1) is 12.2. The minimum absolute atomic E-state index is 0.0147. The molecule has 2 aromatic rings. The number of fused-ring (bicyclic) bond motifs is 1. The second-order valence-corrected chi connectivity index (χ2v) is 5.31. The van der Waals surface area contributed by atoms with Gasteiger partial charge in [-0.3, -0.25) is 4.79 Å². The van der Waals surface area contributed by atoms with Crippen molar-refractivity contribution in [2.24, 2.45) is 0 Å². The molecule has 2 aromatic carbocycles. The van der Waals surface area contributed by atoms with E-state index in [2.05, 4.69) is 5.32 Å². The summed E-state index contributed by atoms with van der Waals surface area (Å²) in [4.78, 5) is 34.3. The molecular weight excluding hydrogens is 322 g/mol. The molecule has 0 unspecified atom stereocenters. The fourth-order valence-electron chi connectivity index (χ4n) is 2.32. The van der Waals surface area contributed by atoms with E-state index in [4.69, 9.17) is 14.5 Å². The highest BCUT2D eigenvalue weighted by molar-refractivity contribution is 6.04. The van der Waals surface area contributed by atoms with Gasteiger partial charge >= 0.3 is 5.97 Å². The fourth-order valence-corrected chi connectivity index (χ4v) is 2.32. The van der Waals surface area contributed by atoms with Crippen LogP contribution in [0.3, 0.4) is 0 Å². The van der Waals surface area contributed by atoms with Crippen LogP contribution in [0.25, 0.3) is 6.08 Å². The second kappa shape index (κ2) is 7.63. The van der Waals surface area contributed by atoms with Crippen molar-refractivity contribution in [2.75, 3.05) is 18.5 Å². The molecule has 0 spiro atoms. The number of hydrogen-bond donors (Lipinski definition) is 1. The van der Waals surface area contributed by atoms with Crippen molar-refractivity contribution < 1.29 is 24.1 Å². The van der Waals surface area contributed by atoms with Gasteiger partial charge in [-0.25, -0.2) is 4.79 Å². The lowest BCUT2D eigenvalue weighted by Crippen LogP contribution is -2.12. The Labute approximate surface area is 144 Å². The standard InChI is InChI=1S/C19H17NO5/c1-2-23-19(22)15-10-14-8-9-16(11-17(14)25-24-12-15)20-18(21)13-6-4-3-5-7-13/h3-11H,2,12H2,1H3,(H,20,21). The summed E-state index contributed by atoms with van der Waals surface area (Å²) >= 11 is 0. The Morgan fingerprint density at radius 1 is 1.16 bits per heavy atom. The maximum Gasteiger partial charge on any atom is 0.336 e. The zero-order chi connectivity index (χ0) is 17.6. The van der Waals surface area contributed by atoms with Crippen LogP contribution >= 0.6 is 0 Å². The summed E-state index contributed by atoms with van der Waals surface area (Å²) in [6.45, 7) is 2.01. The van der Waals surface area contributed by atoms with Gasteiger partial charge in [0.05, 0.1) is 12.2 Å². The van der Waals surface area contributed by atoms with Crippen molar-refractivity contribution in [3.05, 3.63) is 65.2 Å². The van der Waals surface area contributed by atoms with Crippen molar-refractivity contribution in [2.45, 2.75) is 6.92 Å². The summed E-state index contributed by atoms with van der Waals surface area (Å²) in [6, 6.07) is 14.0.